The first-order valence-corrected chi connectivity index (χ1v) is 8.14. The summed E-state index contributed by atoms with van der Waals surface area (Å²) in [6.45, 7) is 4.26. The first-order valence-electron chi connectivity index (χ1n) is 8.14. The molecule has 4 rings (SSSR count). The molecule has 2 heteroatoms. The van der Waals surface area contributed by atoms with Gasteiger partial charge in [-0.1, -0.05) is 48.5 Å². The zero-order chi connectivity index (χ0) is 16.8. The third-order valence-corrected chi connectivity index (χ3v) is 4.80. The number of nitrogens with two attached hydrogens (primary N) is 2. The van der Waals surface area contributed by atoms with Gasteiger partial charge in [-0.05, 0) is 59.0 Å². The van der Waals surface area contributed by atoms with Crippen molar-refractivity contribution in [2.75, 3.05) is 11.5 Å². The molecule has 0 aliphatic rings. The molecule has 0 radical (unpaired) electrons. The van der Waals surface area contributed by atoms with Crippen molar-refractivity contribution in [3.8, 4) is 11.1 Å². The molecule has 0 aliphatic heterocycles. The smallest absolute Gasteiger partial charge is 0.0396 e. The largest absolute Gasteiger partial charge is 0.398 e. The molecule has 4 aromatic carbocycles. The Bertz CT molecular complexity index is 1000. The van der Waals surface area contributed by atoms with Crippen molar-refractivity contribution in [1.82, 2.24) is 0 Å². The van der Waals surface area contributed by atoms with E-state index in [0.717, 1.165) is 22.1 Å². The Morgan fingerprint density at radius 1 is 0.542 bits per heavy atom. The van der Waals surface area contributed by atoms with Gasteiger partial charge in [-0.15, -0.1) is 0 Å². The fraction of sp³-hybridized carbons (Fsp3) is 0.0909. The van der Waals surface area contributed by atoms with Crippen molar-refractivity contribution >= 4 is 32.9 Å². The van der Waals surface area contributed by atoms with Gasteiger partial charge in [0, 0.05) is 22.1 Å². The van der Waals surface area contributed by atoms with Crippen molar-refractivity contribution in [2.45, 2.75) is 13.8 Å². The molecule has 4 aromatic rings. The molecule has 0 atom stereocenters. The summed E-state index contributed by atoms with van der Waals surface area (Å²) < 4.78 is 0. The maximum atomic E-state index is 6.26. The highest BCUT2D eigenvalue weighted by atomic mass is 14.6. The van der Waals surface area contributed by atoms with Crippen LogP contribution in [0.4, 0.5) is 11.4 Å². The van der Waals surface area contributed by atoms with Crippen molar-refractivity contribution in [3.05, 3.63) is 71.8 Å². The van der Waals surface area contributed by atoms with Gasteiger partial charge in [-0.25, -0.2) is 0 Å². The van der Waals surface area contributed by atoms with E-state index in [2.05, 4.69) is 62.4 Å². The lowest BCUT2D eigenvalue weighted by atomic mass is 9.87. The van der Waals surface area contributed by atoms with E-state index >= 15 is 0 Å². The fourth-order valence-electron chi connectivity index (χ4n) is 3.76. The number of rotatable bonds is 1. The minimum atomic E-state index is 0.823. The first kappa shape index (κ1) is 14.6. The van der Waals surface area contributed by atoms with E-state index in [1.807, 2.05) is 12.1 Å². The third kappa shape index (κ3) is 2.04. The number of anilines is 2. The second-order valence-corrected chi connectivity index (χ2v) is 6.41. The van der Waals surface area contributed by atoms with Crippen LogP contribution in [0.15, 0.2) is 60.7 Å². The molecular weight excluding hydrogens is 292 g/mol. The number of aryl methyl sites for hydroxylation is 2. The predicted octanol–water partition coefficient (Wildman–Crippen LogP) is 5.44. The lowest BCUT2D eigenvalue weighted by Gasteiger charge is -2.18. The summed E-state index contributed by atoms with van der Waals surface area (Å²) in [5.41, 5.74) is 19.0. The van der Waals surface area contributed by atoms with Crippen LogP contribution in [0.2, 0.25) is 0 Å². The van der Waals surface area contributed by atoms with Gasteiger partial charge in [0.2, 0.25) is 0 Å². The molecule has 0 saturated heterocycles. The summed E-state index contributed by atoms with van der Waals surface area (Å²) >= 11 is 0. The SMILES string of the molecule is Cc1cc(N)c2ccccc2c1-c1c(C)cc(N)c2ccccc12. The molecule has 118 valence electrons. The van der Waals surface area contributed by atoms with Gasteiger partial charge in [-0.3, -0.25) is 0 Å². The van der Waals surface area contributed by atoms with Gasteiger partial charge in [0.1, 0.15) is 0 Å². The predicted molar refractivity (Wildman–Crippen MR) is 105 cm³/mol. The Labute approximate surface area is 141 Å². The lowest BCUT2D eigenvalue weighted by molar-refractivity contribution is 1.45. The third-order valence-electron chi connectivity index (χ3n) is 4.80. The number of hydrogen-bond acceptors (Lipinski definition) is 2. The van der Waals surface area contributed by atoms with Crippen LogP contribution in [0.1, 0.15) is 11.1 Å². The normalized spacial score (nSPS) is 11.2. The summed E-state index contributed by atoms with van der Waals surface area (Å²) in [7, 11) is 0. The molecule has 0 unspecified atom stereocenters. The lowest BCUT2D eigenvalue weighted by Crippen LogP contribution is -1.97. The minimum Gasteiger partial charge on any atom is -0.398 e. The topological polar surface area (TPSA) is 52.0 Å². The van der Waals surface area contributed by atoms with Gasteiger partial charge in [-0.2, -0.15) is 0 Å². The maximum absolute atomic E-state index is 6.26. The zero-order valence-electron chi connectivity index (χ0n) is 13.9. The Hall–Kier alpha value is -3.00. The van der Waals surface area contributed by atoms with E-state index in [0.29, 0.717) is 0 Å². The van der Waals surface area contributed by atoms with Crippen molar-refractivity contribution < 1.29 is 0 Å². The van der Waals surface area contributed by atoms with Crippen LogP contribution >= 0.6 is 0 Å². The number of fused-ring (bicyclic) bond motifs is 2. The van der Waals surface area contributed by atoms with Gasteiger partial charge in [0.25, 0.3) is 0 Å². The summed E-state index contributed by atoms with van der Waals surface area (Å²) in [6.07, 6.45) is 0. The Balaban J connectivity index is 2.23. The van der Waals surface area contributed by atoms with Crippen LogP contribution in [-0.2, 0) is 0 Å². The second kappa shape index (κ2) is 5.27. The Morgan fingerprint density at radius 2 is 0.875 bits per heavy atom. The summed E-state index contributed by atoms with van der Waals surface area (Å²) in [6, 6.07) is 20.8. The number of nitrogen functional groups attached to an aromatic ring is 2. The van der Waals surface area contributed by atoms with Crippen LogP contribution in [0.3, 0.4) is 0 Å². The fourth-order valence-corrected chi connectivity index (χ4v) is 3.76. The Morgan fingerprint density at radius 3 is 1.25 bits per heavy atom. The van der Waals surface area contributed by atoms with E-state index in [1.165, 1.54) is 33.0 Å². The van der Waals surface area contributed by atoms with Gasteiger partial charge in [0.05, 0.1) is 0 Å². The van der Waals surface area contributed by atoms with Gasteiger partial charge >= 0.3 is 0 Å². The van der Waals surface area contributed by atoms with Crippen LogP contribution < -0.4 is 11.5 Å². The highest BCUT2D eigenvalue weighted by Crippen LogP contribution is 2.41. The zero-order valence-corrected chi connectivity index (χ0v) is 13.9. The van der Waals surface area contributed by atoms with E-state index in [4.69, 9.17) is 11.5 Å². The summed E-state index contributed by atoms with van der Waals surface area (Å²) in [5, 5.41) is 4.57. The quantitative estimate of drug-likeness (QED) is 0.460. The van der Waals surface area contributed by atoms with E-state index < -0.39 is 0 Å². The van der Waals surface area contributed by atoms with Gasteiger partial charge < -0.3 is 11.5 Å². The molecule has 0 aromatic heterocycles. The van der Waals surface area contributed by atoms with E-state index in [9.17, 15) is 0 Å². The molecule has 0 heterocycles. The molecule has 0 fully saturated rings. The summed E-state index contributed by atoms with van der Waals surface area (Å²) in [5.74, 6) is 0. The minimum absolute atomic E-state index is 0.823. The van der Waals surface area contributed by atoms with Crippen molar-refractivity contribution in [2.24, 2.45) is 0 Å². The second-order valence-electron chi connectivity index (χ2n) is 6.41. The van der Waals surface area contributed by atoms with E-state index in [1.54, 1.807) is 0 Å². The highest BCUT2D eigenvalue weighted by Gasteiger charge is 2.16. The molecule has 24 heavy (non-hydrogen) atoms. The van der Waals surface area contributed by atoms with Crippen LogP contribution in [0, 0.1) is 13.8 Å². The Kier molecular flexibility index (Phi) is 3.20. The van der Waals surface area contributed by atoms with E-state index in [-0.39, 0.29) is 0 Å². The maximum Gasteiger partial charge on any atom is 0.0396 e. The summed E-state index contributed by atoms with van der Waals surface area (Å²) in [4.78, 5) is 0. The molecule has 2 nitrogen and oxygen atoms in total. The van der Waals surface area contributed by atoms with Crippen molar-refractivity contribution in [3.63, 3.8) is 0 Å². The molecule has 0 amide bonds. The highest BCUT2D eigenvalue weighted by molar-refractivity contribution is 6.12. The molecule has 0 bridgehead atoms. The molecule has 0 spiro atoms. The van der Waals surface area contributed by atoms with Crippen LogP contribution in [0.5, 0.6) is 0 Å². The monoisotopic (exact) mass is 312 g/mol. The first-order chi connectivity index (χ1) is 11.6. The average Bonchev–Trinajstić information content (AvgIpc) is 2.57. The molecule has 0 aliphatic carbocycles. The van der Waals surface area contributed by atoms with Crippen LogP contribution in [0.25, 0.3) is 32.7 Å². The van der Waals surface area contributed by atoms with Crippen molar-refractivity contribution in [1.29, 1.82) is 0 Å². The standard InChI is InChI=1S/C22H20N2/c1-13-11-19(23)15-7-3-5-9-17(15)21(13)22-14(2)12-20(24)16-8-4-6-10-18(16)22/h3-12H,23-24H2,1-2H3. The number of hydrogen-bond donors (Lipinski definition) is 2. The molecule has 0 saturated carbocycles. The van der Waals surface area contributed by atoms with Gasteiger partial charge in [0.15, 0.2) is 0 Å². The van der Waals surface area contributed by atoms with Crippen LogP contribution in [-0.4, -0.2) is 0 Å². The molecular formula is C22H20N2. The number of benzene rings is 4. The molecule has 4 N–H and O–H groups in total. The average molecular weight is 312 g/mol.